The van der Waals surface area contributed by atoms with E-state index in [9.17, 15) is 0 Å². The highest BCUT2D eigenvalue weighted by Gasteiger charge is 2.45. The van der Waals surface area contributed by atoms with Crippen molar-refractivity contribution in [2.75, 3.05) is 4.90 Å². The first-order valence-corrected chi connectivity index (χ1v) is 23.7. The topological polar surface area (TPSA) is 16.4 Å². The van der Waals surface area contributed by atoms with Gasteiger partial charge in [0.1, 0.15) is 11.2 Å². The van der Waals surface area contributed by atoms with E-state index in [0.29, 0.717) is 0 Å². The van der Waals surface area contributed by atoms with Gasteiger partial charge >= 0.3 is 0 Å². The summed E-state index contributed by atoms with van der Waals surface area (Å²) in [5.41, 5.74) is 21.5. The fraction of sp³-hybridized carbons (Fsp3) is 0.0149. The number of anilines is 3. The number of furan rings is 1. The van der Waals surface area contributed by atoms with Crippen molar-refractivity contribution >= 4 is 39.0 Å². The van der Waals surface area contributed by atoms with Crippen molar-refractivity contribution in [1.82, 2.24) is 0 Å². The third kappa shape index (κ3) is 6.80. The molecular formula is C67H45NO. The Kier molecular flexibility index (Phi) is 9.77. The van der Waals surface area contributed by atoms with E-state index in [1.54, 1.807) is 0 Å². The standard InChI is InChI=1S/C67H45NO/c1-3-16-46(17-4-1)47-32-34-48(35-33-47)51-19-14-23-57(45-51)68(55-40-36-49(37-41-55)50-18-13-20-52(44-50)58-27-15-28-62-61-26-9-12-31-65(61)69-66(58)62)56-42-38-54(39-43-56)67(53-21-5-2-6-22-53)63-29-10-7-24-59(63)60-25-8-11-30-64(60)67/h1-45H. The molecule has 11 aromatic carbocycles. The highest BCUT2D eigenvalue weighted by Crippen LogP contribution is 2.56. The minimum absolute atomic E-state index is 0.476. The van der Waals surface area contributed by atoms with Crippen LogP contribution in [0.4, 0.5) is 17.1 Å². The van der Waals surface area contributed by atoms with Crippen LogP contribution in [-0.2, 0) is 5.41 Å². The summed E-state index contributed by atoms with van der Waals surface area (Å²) in [6.07, 6.45) is 0. The molecule has 1 aliphatic carbocycles. The Bertz CT molecular complexity index is 3770. The molecule has 1 aromatic heterocycles. The molecule has 0 amide bonds. The van der Waals surface area contributed by atoms with Gasteiger partial charge < -0.3 is 9.32 Å². The third-order valence-electron chi connectivity index (χ3n) is 14.2. The van der Waals surface area contributed by atoms with Crippen molar-refractivity contribution in [3.05, 3.63) is 295 Å². The molecule has 69 heavy (non-hydrogen) atoms. The first kappa shape index (κ1) is 40.3. The van der Waals surface area contributed by atoms with Crippen molar-refractivity contribution in [1.29, 1.82) is 0 Å². The quantitative estimate of drug-likeness (QED) is 0.144. The van der Waals surface area contributed by atoms with Crippen LogP contribution in [0.1, 0.15) is 22.3 Å². The lowest BCUT2D eigenvalue weighted by Crippen LogP contribution is -2.28. The predicted molar refractivity (Wildman–Crippen MR) is 287 cm³/mol. The fourth-order valence-electron chi connectivity index (χ4n) is 11.0. The van der Waals surface area contributed by atoms with Crippen molar-refractivity contribution in [3.8, 4) is 55.6 Å². The molecule has 1 heterocycles. The van der Waals surface area contributed by atoms with Gasteiger partial charge in [-0.15, -0.1) is 0 Å². The summed E-state index contributed by atoms with van der Waals surface area (Å²) in [6, 6.07) is 99.2. The highest BCUT2D eigenvalue weighted by atomic mass is 16.3. The highest BCUT2D eigenvalue weighted by molar-refractivity contribution is 6.09. The molecule has 0 radical (unpaired) electrons. The summed E-state index contributed by atoms with van der Waals surface area (Å²) < 4.78 is 6.46. The first-order chi connectivity index (χ1) is 34.2. The minimum Gasteiger partial charge on any atom is -0.455 e. The number of rotatable bonds is 9. The van der Waals surface area contributed by atoms with Gasteiger partial charge in [0, 0.05) is 33.4 Å². The number of benzene rings is 11. The molecule has 1 aliphatic rings. The van der Waals surface area contributed by atoms with Crippen molar-refractivity contribution in [3.63, 3.8) is 0 Å². The molecule has 0 bridgehead atoms. The average Bonchev–Trinajstić information content (AvgIpc) is 3.96. The molecule has 0 fully saturated rings. The zero-order valence-electron chi connectivity index (χ0n) is 37.8. The van der Waals surface area contributed by atoms with E-state index < -0.39 is 5.41 Å². The Morgan fingerprint density at radius 3 is 1.42 bits per heavy atom. The molecule has 2 nitrogen and oxygen atoms in total. The van der Waals surface area contributed by atoms with Gasteiger partial charge in [0.05, 0.1) is 5.41 Å². The van der Waals surface area contributed by atoms with Crippen LogP contribution in [-0.4, -0.2) is 0 Å². The van der Waals surface area contributed by atoms with Crippen LogP contribution in [0.2, 0.25) is 0 Å². The van der Waals surface area contributed by atoms with Crippen LogP contribution in [0.5, 0.6) is 0 Å². The number of hydrogen-bond donors (Lipinski definition) is 0. The molecule has 0 spiro atoms. The van der Waals surface area contributed by atoms with Crippen LogP contribution in [0.15, 0.2) is 277 Å². The first-order valence-electron chi connectivity index (χ1n) is 23.7. The summed E-state index contributed by atoms with van der Waals surface area (Å²) in [7, 11) is 0. The van der Waals surface area contributed by atoms with Gasteiger partial charge in [-0.2, -0.15) is 0 Å². The van der Waals surface area contributed by atoms with E-state index in [1.165, 1.54) is 50.1 Å². The molecular weight excluding hydrogens is 835 g/mol. The van der Waals surface area contributed by atoms with E-state index in [4.69, 9.17) is 4.42 Å². The van der Waals surface area contributed by atoms with Crippen LogP contribution in [0.25, 0.3) is 77.6 Å². The zero-order chi connectivity index (χ0) is 45.7. The van der Waals surface area contributed by atoms with Crippen LogP contribution < -0.4 is 4.90 Å². The molecule has 0 saturated heterocycles. The van der Waals surface area contributed by atoms with E-state index in [2.05, 4.69) is 266 Å². The average molecular weight is 880 g/mol. The summed E-state index contributed by atoms with van der Waals surface area (Å²) in [5.74, 6) is 0. The molecule has 2 heteroatoms. The maximum absolute atomic E-state index is 6.46. The molecule has 324 valence electrons. The Hall–Kier alpha value is -8.98. The molecule has 13 rings (SSSR count). The molecule has 12 aromatic rings. The van der Waals surface area contributed by atoms with E-state index in [1.807, 2.05) is 12.1 Å². The van der Waals surface area contributed by atoms with Crippen LogP contribution in [0, 0.1) is 0 Å². The maximum Gasteiger partial charge on any atom is 0.143 e. The van der Waals surface area contributed by atoms with Gasteiger partial charge in [0.15, 0.2) is 0 Å². The molecule has 0 aliphatic heterocycles. The zero-order valence-corrected chi connectivity index (χ0v) is 37.8. The van der Waals surface area contributed by atoms with Gasteiger partial charge in [0.2, 0.25) is 0 Å². The second-order valence-corrected chi connectivity index (χ2v) is 18.0. The molecule has 0 N–H and O–H groups in total. The van der Waals surface area contributed by atoms with E-state index >= 15 is 0 Å². The largest absolute Gasteiger partial charge is 0.455 e. The van der Waals surface area contributed by atoms with Crippen LogP contribution >= 0.6 is 0 Å². The monoisotopic (exact) mass is 879 g/mol. The van der Waals surface area contributed by atoms with E-state index in [0.717, 1.165) is 66.8 Å². The summed E-state index contributed by atoms with van der Waals surface area (Å²) in [5, 5.41) is 2.27. The molecule has 0 atom stereocenters. The summed E-state index contributed by atoms with van der Waals surface area (Å²) >= 11 is 0. The lowest BCUT2D eigenvalue weighted by molar-refractivity contribution is 0.670. The Morgan fingerprint density at radius 1 is 0.275 bits per heavy atom. The van der Waals surface area contributed by atoms with Gasteiger partial charge in [-0.25, -0.2) is 0 Å². The smallest absolute Gasteiger partial charge is 0.143 e. The number of nitrogens with zero attached hydrogens (tertiary/aromatic N) is 1. The van der Waals surface area contributed by atoms with Gasteiger partial charge in [-0.05, 0) is 121 Å². The van der Waals surface area contributed by atoms with E-state index in [-0.39, 0.29) is 0 Å². The number of hydrogen-bond acceptors (Lipinski definition) is 2. The van der Waals surface area contributed by atoms with Crippen LogP contribution in [0.3, 0.4) is 0 Å². The van der Waals surface area contributed by atoms with Gasteiger partial charge in [-0.3, -0.25) is 0 Å². The van der Waals surface area contributed by atoms with Crippen molar-refractivity contribution in [2.45, 2.75) is 5.41 Å². The van der Waals surface area contributed by atoms with Gasteiger partial charge in [0.25, 0.3) is 0 Å². The fourth-order valence-corrected chi connectivity index (χ4v) is 11.0. The second kappa shape index (κ2) is 16.7. The normalized spacial score (nSPS) is 12.5. The SMILES string of the molecule is c1ccc(-c2ccc(-c3cccc(N(c4ccc(-c5cccc(-c6cccc7c6oc6ccccc67)c5)cc4)c4ccc(C5(c6ccccc6)c6ccccc6-c6ccccc65)cc4)c3)cc2)cc1. The lowest BCUT2D eigenvalue weighted by Gasteiger charge is -2.34. The summed E-state index contributed by atoms with van der Waals surface area (Å²) in [4.78, 5) is 2.39. The third-order valence-corrected chi connectivity index (χ3v) is 14.2. The molecule has 0 saturated carbocycles. The summed E-state index contributed by atoms with van der Waals surface area (Å²) in [6.45, 7) is 0. The number of fused-ring (bicyclic) bond motifs is 6. The Labute approximate surface area is 402 Å². The predicted octanol–water partition coefficient (Wildman–Crippen LogP) is 18.1. The number of para-hydroxylation sites is 2. The van der Waals surface area contributed by atoms with Gasteiger partial charge in [-0.1, -0.05) is 224 Å². The molecule has 0 unspecified atom stereocenters. The maximum atomic E-state index is 6.46. The lowest BCUT2D eigenvalue weighted by atomic mass is 9.68. The Balaban J connectivity index is 0.913. The second-order valence-electron chi connectivity index (χ2n) is 18.0. The Morgan fingerprint density at radius 2 is 0.725 bits per heavy atom. The minimum atomic E-state index is -0.476. The van der Waals surface area contributed by atoms with Crippen molar-refractivity contribution < 1.29 is 4.42 Å². The van der Waals surface area contributed by atoms with Crippen molar-refractivity contribution in [2.24, 2.45) is 0 Å².